The molecule has 5 nitrogen and oxygen atoms in total. The number of hydrogen-bond donors (Lipinski definition) is 0. The number of benzene rings is 2. The molecule has 1 aliphatic heterocycles. The van der Waals surface area contributed by atoms with Crippen molar-refractivity contribution in [3.8, 4) is 5.75 Å². The van der Waals surface area contributed by atoms with Crippen molar-refractivity contribution >= 4 is 46.7 Å². The van der Waals surface area contributed by atoms with Crippen LogP contribution in [0.25, 0.3) is 0 Å². The van der Waals surface area contributed by atoms with Crippen LogP contribution in [0.2, 0.25) is 10.0 Å². The first-order valence-electron chi connectivity index (χ1n) is 9.60. The average Bonchev–Trinajstić information content (AvgIpc) is 3.36. The van der Waals surface area contributed by atoms with Crippen LogP contribution in [-0.2, 0) is 9.59 Å². The van der Waals surface area contributed by atoms with Crippen molar-refractivity contribution in [2.75, 3.05) is 4.90 Å². The van der Waals surface area contributed by atoms with Crippen LogP contribution in [-0.4, -0.2) is 17.8 Å². The normalized spacial score (nSPS) is 27.4. The summed E-state index contributed by atoms with van der Waals surface area (Å²) in [5.74, 6) is -0.800. The number of hydrogen-bond acceptors (Lipinski definition) is 4. The van der Waals surface area contributed by atoms with Crippen LogP contribution in [0.1, 0.15) is 29.6 Å². The Bertz CT molecular complexity index is 1020. The molecule has 2 aromatic rings. The number of para-hydroxylation sites is 2. The Morgan fingerprint density at radius 1 is 0.966 bits per heavy atom. The smallest absolute Gasteiger partial charge is 0.345 e. The number of halogens is 2. The first-order chi connectivity index (χ1) is 14.0. The number of anilines is 1. The molecule has 4 atom stereocenters. The van der Waals surface area contributed by atoms with E-state index in [1.807, 2.05) is 0 Å². The molecule has 2 bridgehead atoms. The van der Waals surface area contributed by atoms with E-state index in [1.165, 1.54) is 17.0 Å². The molecule has 3 aliphatic rings. The quantitative estimate of drug-likeness (QED) is 0.401. The average molecular weight is 430 g/mol. The minimum absolute atomic E-state index is 0.150. The Kier molecular flexibility index (Phi) is 4.41. The van der Waals surface area contributed by atoms with Crippen molar-refractivity contribution in [3.05, 3.63) is 58.1 Å². The number of rotatable bonds is 3. The van der Waals surface area contributed by atoms with Gasteiger partial charge in [-0.2, -0.15) is 0 Å². The highest BCUT2D eigenvalue weighted by atomic mass is 35.5. The van der Waals surface area contributed by atoms with E-state index in [0.717, 1.165) is 19.3 Å². The third-order valence-corrected chi connectivity index (χ3v) is 6.94. The molecule has 7 heteroatoms. The molecule has 0 unspecified atom stereocenters. The largest absolute Gasteiger partial charge is 0.421 e. The summed E-state index contributed by atoms with van der Waals surface area (Å²) in [6.45, 7) is 0. The molecule has 2 aliphatic carbocycles. The zero-order chi connectivity index (χ0) is 20.3. The molecule has 2 aromatic carbocycles. The summed E-state index contributed by atoms with van der Waals surface area (Å²) in [5.41, 5.74) is 0.453. The number of esters is 1. The highest BCUT2D eigenvalue weighted by Crippen LogP contribution is 2.57. The second-order valence-electron chi connectivity index (χ2n) is 7.88. The Balaban J connectivity index is 1.47. The maximum absolute atomic E-state index is 13.1. The SMILES string of the molecule is O=C(Oc1ccccc1N1C(=O)[C@H]2[C@@H]3CC[C@H](C3)[C@@H]2C1=O)c1ccc(Cl)cc1Cl. The fraction of sp³-hybridized carbons (Fsp3) is 0.318. The second-order valence-corrected chi connectivity index (χ2v) is 8.72. The zero-order valence-corrected chi connectivity index (χ0v) is 16.8. The minimum atomic E-state index is -0.682. The molecule has 29 heavy (non-hydrogen) atoms. The molecule has 0 radical (unpaired) electrons. The van der Waals surface area contributed by atoms with Crippen LogP contribution in [0, 0.1) is 23.7 Å². The number of imide groups is 1. The summed E-state index contributed by atoms with van der Waals surface area (Å²) in [4.78, 5) is 40.1. The van der Waals surface area contributed by atoms with Crippen molar-refractivity contribution < 1.29 is 19.1 Å². The lowest BCUT2D eigenvalue weighted by Gasteiger charge is -2.20. The van der Waals surface area contributed by atoms with E-state index in [1.54, 1.807) is 30.3 Å². The lowest BCUT2D eigenvalue weighted by atomic mass is 9.81. The van der Waals surface area contributed by atoms with Gasteiger partial charge in [-0.05, 0) is 61.4 Å². The van der Waals surface area contributed by atoms with Gasteiger partial charge in [-0.15, -0.1) is 0 Å². The Hall–Kier alpha value is -2.37. The van der Waals surface area contributed by atoms with Crippen LogP contribution in [0.5, 0.6) is 5.75 Å². The van der Waals surface area contributed by atoms with E-state index >= 15 is 0 Å². The fourth-order valence-corrected chi connectivity index (χ4v) is 5.67. The van der Waals surface area contributed by atoms with Crippen molar-refractivity contribution in [2.45, 2.75) is 19.3 Å². The zero-order valence-electron chi connectivity index (χ0n) is 15.3. The Morgan fingerprint density at radius 2 is 1.62 bits per heavy atom. The van der Waals surface area contributed by atoms with Crippen LogP contribution in [0.4, 0.5) is 5.69 Å². The third-order valence-electron chi connectivity index (χ3n) is 6.39. The minimum Gasteiger partial charge on any atom is -0.421 e. The molecule has 5 rings (SSSR count). The van der Waals surface area contributed by atoms with Crippen molar-refractivity contribution in [3.63, 3.8) is 0 Å². The van der Waals surface area contributed by atoms with E-state index in [-0.39, 0.29) is 51.8 Å². The number of fused-ring (bicyclic) bond motifs is 5. The first-order valence-corrected chi connectivity index (χ1v) is 10.4. The number of ether oxygens (including phenoxy) is 1. The van der Waals surface area contributed by atoms with Crippen LogP contribution >= 0.6 is 23.2 Å². The van der Waals surface area contributed by atoms with Crippen molar-refractivity contribution in [1.29, 1.82) is 0 Å². The summed E-state index contributed by atoms with van der Waals surface area (Å²) in [5, 5.41) is 0.570. The lowest BCUT2D eigenvalue weighted by molar-refractivity contribution is -0.123. The summed E-state index contributed by atoms with van der Waals surface area (Å²) in [6, 6.07) is 11.1. The molecule has 0 spiro atoms. The molecule has 148 valence electrons. The van der Waals surface area contributed by atoms with Crippen molar-refractivity contribution in [2.24, 2.45) is 23.7 Å². The van der Waals surface area contributed by atoms with Gasteiger partial charge in [-0.1, -0.05) is 35.3 Å². The van der Waals surface area contributed by atoms with Gasteiger partial charge in [0.2, 0.25) is 11.8 Å². The van der Waals surface area contributed by atoms with Gasteiger partial charge in [0, 0.05) is 5.02 Å². The molecular formula is C22H17Cl2NO4. The van der Waals surface area contributed by atoms with Gasteiger partial charge in [0.25, 0.3) is 0 Å². The van der Waals surface area contributed by atoms with Crippen LogP contribution in [0.3, 0.4) is 0 Å². The van der Waals surface area contributed by atoms with E-state index in [4.69, 9.17) is 27.9 Å². The molecule has 0 aromatic heterocycles. The maximum Gasteiger partial charge on any atom is 0.345 e. The fourth-order valence-electron chi connectivity index (χ4n) is 5.18. The third kappa shape index (κ3) is 2.87. The number of amides is 2. The summed E-state index contributed by atoms with van der Waals surface area (Å²) >= 11 is 12.0. The van der Waals surface area contributed by atoms with Gasteiger partial charge >= 0.3 is 5.97 Å². The highest BCUT2D eigenvalue weighted by molar-refractivity contribution is 6.36. The summed E-state index contributed by atoms with van der Waals surface area (Å²) in [7, 11) is 0. The molecule has 1 heterocycles. The predicted molar refractivity (Wildman–Crippen MR) is 108 cm³/mol. The number of carbonyl (C=O) groups excluding carboxylic acids is 3. The molecule has 1 saturated heterocycles. The van der Waals surface area contributed by atoms with Gasteiger partial charge < -0.3 is 4.74 Å². The number of nitrogens with zero attached hydrogens (tertiary/aromatic N) is 1. The van der Waals surface area contributed by atoms with Crippen LogP contribution in [0.15, 0.2) is 42.5 Å². The van der Waals surface area contributed by atoms with E-state index in [9.17, 15) is 14.4 Å². The van der Waals surface area contributed by atoms with Gasteiger partial charge in [0.15, 0.2) is 5.75 Å². The van der Waals surface area contributed by atoms with Crippen LogP contribution < -0.4 is 9.64 Å². The lowest BCUT2D eigenvalue weighted by Crippen LogP contribution is -2.33. The monoisotopic (exact) mass is 429 g/mol. The maximum atomic E-state index is 13.1. The summed E-state index contributed by atoms with van der Waals surface area (Å²) < 4.78 is 5.54. The molecule has 2 saturated carbocycles. The van der Waals surface area contributed by atoms with E-state index in [0.29, 0.717) is 10.7 Å². The standard InChI is InChI=1S/C22H17Cl2NO4/c23-13-7-8-14(15(24)10-13)22(28)29-17-4-2-1-3-16(17)25-20(26)18-11-5-6-12(9-11)19(18)21(25)27/h1-4,7-8,10-12,18-19H,5-6,9H2/t11-,12-,18+,19+/m1/s1. The van der Waals surface area contributed by atoms with E-state index < -0.39 is 5.97 Å². The van der Waals surface area contributed by atoms with Gasteiger partial charge in [0.1, 0.15) is 0 Å². The predicted octanol–water partition coefficient (Wildman–Crippen LogP) is 4.75. The van der Waals surface area contributed by atoms with Gasteiger partial charge in [0.05, 0.1) is 28.1 Å². The highest BCUT2D eigenvalue weighted by Gasteiger charge is 2.61. The van der Waals surface area contributed by atoms with Crippen molar-refractivity contribution in [1.82, 2.24) is 0 Å². The molecule has 2 amide bonds. The Morgan fingerprint density at radius 3 is 2.28 bits per heavy atom. The number of carbonyl (C=O) groups is 3. The summed E-state index contributed by atoms with van der Waals surface area (Å²) in [6.07, 6.45) is 2.97. The van der Waals surface area contributed by atoms with Gasteiger partial charge in [-0.3, -0.25) is 9.59 Å². The first kappa shape index (κ1) is 18.6. The molecule has 3 fully saturated rings. The molecular weight excluding hydrogens is 413 g/mol. The van der Waals surface area contributed by atoms with Gasteiger partial charge in [-0.25, -0.2) is 9.69 Å². The molecule has 0 N–H and O–H groups in total. The Labute approximate surface area is 177 Å². The second kappa shape index (κ2) is 6.85. The topological polar surface area (TPSA) is 63.7 Å². The van der Waals surface area contributed by atoms with E-state index in [2.05, 4.69) is 0 Å².